The van der Waals surface area contributed by atoms with E-state index < -0.39 is 10.0 Å². The molecule has 7 nitrogen and oxygen atoms in total. The smallest absolute Gasteiger partial charge is 0.238 e. The Morgan fingerprint density at radius 2 is 2.04 bits per heavy atom. The standard InChI is InChI=1S/C15H22N4O3S/c1-12-9-18-19(10-12)11-13(2)17-7-8-22-14-3-5-15(6-4-14)23(16,20)21/h3-6,9-10,13,17H,7-8,11H2,1-2H3,(H2,16,20,21)/t13-/m0/s1. The van der Waals surface area contributed by atoms with Crippen molar-refractivity contribution in [3.63, 3.8) is 0 Å². The van der Waals surface area contributed by atoms with Crippen molar-refractivity contribution in [2.24, 2.45) is 5.14 Å². The average molecular weight is 338 g/mol. The largest absolute Gasteiger partial charge is 0.492 e. The van der Waals surface area contributed by atoms with E-state index in [1.165, 1.54) is 12.1 Å². The molecule has 0 amide bonds. The summed E-state index contributed by atoms with van der Waals surface area (Å²) < 4.78 is 29.8. The first-order chi connectivity index (χ1) is 10.8. The molecule has 1 heterocycles. The van der Waals surface area contributed by atoms with Gasteiger partial charge in [0.15, 0.2) is 0 Å². The van der Waals surface area contributed by atoms with Gasteiger partial charge in [0, 0.05) is 18.8 Å². The van der Waals surface area contributed by atoms with Gasteiger partial charge in [0.05, 0.1) is 17.6 Å². The van der Waals surface area contributed by atoms with Gasteiger partial charge in [0.2, 0.25) is 10.0 Å². The zero-order valence-electron chi connectivity index (χ0n) is 13.3. The SMILES string of the molecule is Cc1cnn(C[C@H](C)NCCOc2ccc(S(N)(=O)=O)cc2)c1. The fourth-order valence-electron chi connectivity index (χ4n) is 2.11. The second-order valence-electron chi connectivity index (χ2n) is 5.46. The first-order valence-electron chi connectivity index (χ1n) is 7.33. The van der Waals surface area contributed by atoms with E-state index in [4.69, 9.17) is 9.88 Å². The number of nitrogens with two attached hydrogens (primary N) is 1. The van der Waals surface area contributed by atoms with Crippen molar-refractivity contribution < 1.29 is 13.2 Å². The highest BCUT2D eigenvalue weighted by molar-refractivity contribution is 7.89. The molecule has 23 heavy (non-hydrogen) atoms. The number of benzene rings is 1. The molecule has 8 heteroatoms. The number of primary sulfonamides is 1. The summed E-state index contributed by atoms with van der Waals surface area (Å²) in [5.41, 5.74) is 1.14. The van der Waals surface area contributed by atoms with Gasteiger partial charge in [0.1, 0.15) is 12.4 Å². The zero-order chi connectivity index (χ0) is 16.9. The maximum Gasteiger partial charge on any atom is 0.238 e. The first kappa shape index (κ1) is 17.5. The van der Waals surface area contributed by atoms with E-state index in [9.17, 15) is 8.42 Å². The lowest BCUT2D eigenvalue weighted by Gasteiger charge is -2.14. The van der Waals surface area contributed by atoms with Crippen LogP contribution in [0.5, 0.6) is 5.75 Å². The summed E-state index contributed by atoms with van der Waals surface area (Å²) in [7, 11) is -3.66. The van der Waals surface area contributed by atoms with Crippen LogP contribution in [0.4, 0.5) is 0 Å². The lowest BCUT2D eigenvalue weighted by atomic mass is 10.3. The number of ether oxygens (including phenoxy) is 1. The molecule has 0 fully saturated rings. The van der Waals surface area contributed by atoms with Crippen LogP contribution in [-0.4, -0.2) is 37.4 Å². The Morgan fingerprint density at radius 3 is 2.61 bits per heavy atom. The van der Waals surface area contributed by atoms with Crippen molar-refractivity contribution in [2.45, 2.75) is 31.3 Å². The predicted molar refractivity (Wildman–Crippen MR) is 87.7 cm³/mol. The Kier molecular flexibility index (Phi) is 5.75. The van der Waals surface area contributed by atoms with Crippen molar-refractivity contribution in [1.82, 2.24) is 15.1 Å². The maximum atomic E-state index is 11.2. The molecule has 0 saturated heterocycles. The molecule has 126 valence electrons. The Bertz CT molecular complexity index is 725. The summed E-state index contributed by atoms with van der Waals surface area (Å²) in [6.45, 7) is 6.04. The number of hydrogen-bond donors (Lipinski definition) is 2. The Balaban J connectivity index is 1.70. The third kappa shape index (κ3) is 5.66. The summed E-state index contributed by atoms with van der Waals surface area (Å²) in [4.78, 5) is 0.0751. The van der Waals surface area contributed by atoms with Gasteiger partial charge in [-0.15, -0.1) is 0 Å². The number of aromatic nitrogens is 2. The molecule has 2 aromatic rings. The van der Waals surface area contributed by atoms with E-state index in [2.05, 4.69) is 17.3 Å². The lowest BCUT2D eigenvalue weighted by Crippen LogP contribution is -2.33. The lowest BCUT2D eigenvalue weighted by molar-refractivity contribution is 0.301. The molecular formula is C15H22N4O3S. The highest BCUT2D eigenvalue weighted by Gasteiger charge is 2.07. The second-order valence-corrected chi connectivity index (χ2v) is 7.02. The molecule has 0 unspecified atom stereocenters. The van der Waals surface area contributed by atoms with Crippen LogP contribution >= 0.6 is 0 Å². The van der Waals surface area contributed by atoms with Crippen LogP contribution < -0.4 is 15.2 Å². The zero-order valence-corrected chi connectivity index (χ0v) is 14.1. The molecule has 0 radical (unpaired) electrons. The third-order valence-corrected chi connectivity index (χ3v) is 4.17. The van der Waals surface area contributed by atoms with Crippen LogP contribution in [0.1, 0.15) is 12.5 Å². The highest BCUT2D eigenvalue weighted by Crippen LogP contribution is 2.14. The van der Waals surface area contributed by atoms with Crippen LogP contribution in [0.2, 0.25) is 0 Å². The molecular weight excluding hydrogens is 316 g/mol. The van der Waals surface area contributed by atoms with Gasteiger partial charge in [-0.25, -0.2) is 13.6 Å². The minimum Gasteiger partial charge on any atom is -0.492 e. The maximum absolute atomic E-state index is 11.2. The molecule has 2 rings (SSSR count). The summed E-state index contributed by atoms with van der Waals surface area (Å²) >= 11 is 0. The van der Waals surface area contributed by atoms with Crippen molar-refractivity contribution >= 4 is 10.0 Å². The number of nitrogens with zero attached hydrogens (tertiary/aromatic N) is 2. The van der Waals surface area contributed by atoms with Crippen LogP contribution in [-0.2, 0) is 16.6 Å². The van der Waals surface area contributed by atoms with Gasteiger partial charge in [0.25, 0.3) is 0 Å². The Labute approximate surface area is 136 Å². The monoisotopic (exact) mass is 338 g/mol. The topological polar surface area (TPSA) is 99.2 Å². The molecule has 0 bridgehead atoms. The van der Waals surface area contributed by atoms with Crippen LogP contribution in [0.15, 0.2) is 41.6 Å². The quantitative estimate of drug-likeness (QED) is 0.697. The fourth-order valence-corrected chi connectivity index (χ4v) is 2.63. The van der Waals surface area contributed by atoms with E-state index in [1.54, 1.807) is 12.1 Å². The minimum atomic E-state index is -3.66. The van der Waals surface area contributed by atoms with Gasteiger partial charge in [-0.05, 0) is 43.7 Å². The summed E-state index contributed by atoms with van der Waals surface area (Å²) in [5.74, 6) is 0.606. The number of nitrogens with one attached hydrogen (secondary N) is 1. The molecule has 3 N–H and O–H groups in total. The van der Waals surface area contributed by atoms with Gasteiger partial charge in [-0.3, -0.25) is 4.68 Å². The Morgan fingerprint density at radius 1 is 1.35 bits per heavy atom. The molecule has 0 spiro atoms. The molecule has 1 aromatic carbocycles. The predicted octanol–water partition coefficient (Wildman–Crippen LogP) is 0.896. The summed E-state index contributed by atoms with van der Waals surface area (Å²) in [5, 5.41) is 12.6. The molecule has 0 aliphatic carbocycles. The average Bonchev–Trinajstić information content (AvgIpc) is 2.88. The van der Waals surface area contributed by atoms with E-state index in [1.807, 2.05) is 24.0 Å². The number of hydrogen-bond acceptors (Lipinski definition) is 5. The molecule has 0 saturated carbocycles. The van der Waals surface area contributed by atoms with Gasteiger partial charge in [-0.1, -0.05) is 0 Å². The first-order valence-corrected chi connectivity index (χ1v) is 8.87. The van der Waals surface area contributed by atoms with E-state index in [-0.39, 0.29) is 10.9 Å². The van der Waals surface area contributed by atoms with Crippen LogP contribution in [0, 0.1) is 6.92 Å². The van der Waals surface area contributed by atoms with E-state index in [0.717, 1.165) is 12.1 Å². The molecule has 0 aliphatic heterocycles. The number of sulfonamides is 1. The number of aryl methyl sites for hydroxylation is 1. The van der Waals surface area contributed by atoms with Crippen LogP contribution in [0.25, 0.3) is 0 Å². The normalized spacial score (nSPS) is 13.0. The van der Waals surface area contributed by atoms with Gasteiger partial charge < -0.3 is 10.1 Å². The highest BCUT2D eigenvalue weighted by atomic mass is 32.2. The second kappa shape index (κ2) is 7.58. The molecule has 0 aliphatic rings. The van der Waals surface area contributed by atoms with Gasteiger partial charge in [-0.2, -0.15) is 5.10 Å². The Hall–Kier alpha value is -1.90. The van der Waals surface area contributed by atoms with Gasteiger partial charge >= 0.3 is 0 Å². The van der Waals surface area contributed by atoms with Crippen molar-refractivity contribution in [3.05, 3.63) is 42.2 Å². The van der Waals surface area contributed by atoms with E-state index >= 15 is 0 Å². The molecule has 1 atom stereocenters. The fraction of sp³-hybridized carbons (Fsp3) is 0.400. The van der Waals surface area contributed by atoms with Crippen LogP contribution in [0.3, 0.4) is 0 Å². The van der Waals surface area contributed by atoms with E-state index in [0.29, 0.717) is 18.9 Å². The molecule has 1 aromatic heterocycles. The summed E-state index contributed by atoms with van der Waals surface area (Å²) in [6, 6.07) is 6.31. The third-order valence-electron chi connectivity index (χ3n) is 3.24. The minimum absolute atomic E-state index is 0.0751. The van der Waals surface area contributed by atoms with Crippen molar-refractivity contribution in [3.8, 4) is 5.75 Å². The van der Waals surface area contributed by atoms with Crippen molar-refractivity contribution in [1.29, 1.82) is 0 Å². The number of rotatable bonds is 8. The van der Waals surface area contributed by atoms with Crippen molar-refractivity contribution in [2.75, 3.05) is 13.2 Å². The summed E-state index contributed by atoms with van der Waals surface area (Å²) in [6.07, 6.45) is 3.84.